The summed E-state index contributed by atoms with van der Waals surface area (Å²) < 4.78 is 14.1. The van der Waals surface area contributed by atoms with Gasteiger partial charge in [-0.3, -0.25) is 0 Å². The van der Waals surface area contributed by atoms with Crippen LogP contribution in [-0.4, -0.2) is 77.6 Å². The Balaban J connectivity index is 1.43. The van der Waals surface area contributed by atoms with Crippen LogP contribution in [0.15, 0.2) is 58.8 Å². The lowest BCUT2D eigenvalue weighted by molar-refractivity contribution is -0.870. The molecule has 0 N–H and O–H groups in total. The van der Waals surface area contributed by atoms with Gasteiger partial charge in [0.1, 0.15) is 11.5 Å². The molecule has 0 fully saturated rings. The maximum atomic E-state index is 5.95. The number of azo groups is 1. The van der Waals surface area contributed by atoms with Gasteiger partial charge in [0.05, 0.1) is 80.0 Å². The van der Waals surface area contributed by atoms with Crippen molar-refractivity contribution in [1.29, 1.82) is 0 Å². The summed E-state index contributed by atoms with van der Waals surface area (Å²) >= 11 is 0. The zero-order valence-electron chi connectivity index (χ0n) is 32.2. The number of hydrogen-bond donors (Lipinski definition) is 0. The third kappa shape index (κ3) is 24.7. The molecule has 2 aromatic rings. The summed E-state index contributed by atoms with van der Waals surface area (Å²) in [5, 5.41) is 8.79. The highest BCUT2D eigenvalue weighted by Crippen LogP contribution is 2.24. The van der Waals surface area contributed by atoms with Crippen LogP contribution in [0.4, 0.5) is 11.4 Å². The molecule has 0 aliphatic carbocycles. The Bertz CT molecular complexity index is 970. The zero-order valence-corrected chi connectivity index (χ0v) is 32.2. The van der Waals surface area contributed by atoms with Gasteiger partial charge >= 0.3 is 0 Å². The van der Waals surface area contributed by atoms with Crippen molar-refractivity contribution in [3.05, 3.63) is 48.5 Å². The number of rotatable bonds is 30. The predicted octanol–water partition coefficient (Wildman–Crippen LogP) is 12.1. The maximum Gasteiger partial charge on any atom is 0.119 e. The van der Waals surface area contributed by atoms with Gasteiger partial charge in [-0.1, -0.05) is 89.9 Å². The maximum absolute atomic E-state index is 5.95. The molecule has 2 rings (SSSR count). The second-order valence-corrected chi connectivity index (χ2v) is 16.0. The predicted molar refractivity (Wildman–Crippen MR) is 206 cm³/mol. The molecule has 0 aliphatic heterocycles. The summed E-state index contributed by atoms with van der Waals surface area (Å²) in [6, 6.07) is 15.8. The van der Waals surface area contributed by atoms with E-state index in [1.165, 1.54) is 129 Å². The minimum atomic E-state index is 0.777. The second-order valence-electron chi connectivity index (χ2n) is 16.0. The Labute approximate surface area is 296 Å². The number of benzene rings is 2. The number of nitrogens with zero attached hydrogens (tertiary/aromatic N) is 4. The van der Waals surface area contributed by atoms with Crippen molar-refractivity contribution in [1.82, 2.24) is 0 Å². The summed E-state index contributed by atoms with van der Waals surface area (Å²) in [6.45, 7) is 4.14. The standard InChI is InChI=1S/C42H74N4O2/c1-45(2,3)35-23-19-15-11-7-9-13-17-21-25-37-47-41-31-27-39(28-32-41)43-44-40-29-33-42(34-30-40)48-38-26-22-18-14-10-8-12-16-20-24-36-46(4,5)6/h27-34H,7-26,35-38H2,1-6H3/q+2. The highest BCUT2D eigenvalue weighted by molar-refractivity contribution is 5.44. The summed E-state index contributed by atoms with van der Waals surface area (Å²) in [6.07, 6.45) is 26.7. The second kappa shape index (κ2) is 25.5. The lowest BCUT2D eigenvalue weighted by atomic mass is 10.1. The molecule has 0 saturated carbocycles. The van der Waals surface area contributed by atoms with Gasteiger partial charge in [0.2, 0.25) is 0 Å². The zero-order chi connectivity index (χ0) is 34.8. The van der Waals surface area contributed by atoms with Crippen molar-refractivity contribution in [2.75, 3.05) is 68.6 Å². The summed E-state index contributed by atoms with van der Waals surface area (Å²) in [5.41, 5.74) is 1.65. The van der Waals surface area contributed by atoms with Crippen molar-refractivity contribution in [2.45, 2.75) is 128 Å². The highest BCUT2D eigenvalue weighted by Gasteiger charge is 2.06. The minimum Gasteiger partial charge on any atom is -0.494 e. The third-order valence-electron chi connectivity index (χ3n) is 8.94. The first kappa shape index (κ1) is 41.7. The Morgan fingerprint density at radius 3 is 0.875 bits per heavy atom. The van der Waals surface area contributed by atoms with Gasteiger partial charge in [-0.05, 0) is 87.1 Å². The molecule has 0 bridgehead atoms. The Hall–Kier alpha value is -2.44. The first-order valence-electron chi connectivity index (χ1n) is 19.6. The van der Waals surface area contributed by atoms with Gasteiger partial charge in [-0.2, -0.15) is 10.2 Å². The number of ether oxygens (including phenoxy) is 2. The molecule has 2 aromatic carbocycles. The van der Waals surface area contributed by atoms with Gasteiger partial charge in [-0.15, -0.1) is 0 Å². The monoisotopic (exact) mass is 667 g/mol. The van der Waals surface area contributed by atoms with Gasteiger partial charge in [0, 0.05) is 0 Å². The van der Waals surface area contributed by atoms with E-state index in [4.69, 9.17) is 9.47 Å². The van der Waals surface area contributed by atoms with E-state index in [2.05, 4.69) is 52.5 Å². The van der Waals surface area contributed by atoms with E-state index in [-0.39, 0.29) is 0 Å². The SMILES string of the molecule is C[N+](C)(C)CCCCCCCCCCCCOc1ccc(N=Nc2ccc(OCCCCCCCCCCCC[N+](C)(C)C)cc2)cc1. The van der Waals surface area contributed by atoms with Crippen molar-refractivity contribution in [3.8, 4) is 11.5 Å². The van der Waals surface area contributed by atoms with Crippen LogP contribution in [0.2, 0.25) is 0 Å². The van der Waals surface area contributed by atoms with Gasteiger partial charge < -0.3 is 18.4 Å². The van der Waals surface area contributed by atoms with Gasteiger partial charge in [-0.25, -0.2) is 0 Å². The fraction of sp³-hybridized carbons (Fsp3) is 0.714. The average molecular weight is 667 g/mol. The number of quaternary nitrogens is 2. The smallest absolute Gasteiger partial charge is 0.119 e. The third-order valence-corrected chi connectivity index (χ3v) is 8.94. The van der Waals surface area contributed by atoms with E-state index < -0.39 is 0 Å². The molecule has 0 aliphatic rings. The highest BCUT2D eigenvalue weighted by atomic mass is 16.5. The van der Waals surface area contributed by atoms with Crippen LogP contribution in [0.1, 0.15) is 128 Å². The first-order chi connectivity index (χ1) is 23.1. The summed E-state index contributed by atoms with van der Waals surface area (Å²) in [5.74, 6) is 1.80. The van der Waals surface area contributed by atoms with Gasteiger partial charge in [0.15, 0.2) is 0 Å². The Morgan fingerprint density at radius 1 is 0.354 bits per heavy atom. The lowest BCUT2D eigenvalue weighted by Gasteiger charge is -2.23. The molecule has 0 spiro atoms. The molecule has 0 heterocycles. The molecular formula is C42H74N4O2+2. The van der Waals surface area contributed by atoms with Crippen molar-refractivity contribution < 1.29 is 18.4 Å². The molecule has 0 atom stereocenters. The van der Waals surface area contributed by atoms with Gasteiger partial charge in [0.25, 0.3) is 0 Å². The van der Waals surface area contributed by atoms with Crippen molar-refractivity contribution in [2.24, 2.45) is 10.2 Å². The molecule has 48 heavy (non-hydrogen) atoms. The Morgan fingerprint density at radius 2 is 0.604 bits per heavy atom. The average Bonchev–Trinajstić information content (AvgIpc) is 3.04. The van der Waals surface area contributed by atoms with Crippen LogP contribution >= 0.6 is 0 Å². The molecule has 0 amide bonds. The lowest BCUT2D eigenvalue weighted by Crippen LogP contribution is -2.35. The minimum absolute atomic E-state index is 0.777. The van der Waals surface area contributed by atoms with Crippen molar-refractivity contribution >= 4 is 11.4 Å². The molecule has 0 unspecified atom stereocenters. The molecule has 0 aromatic heterocycles. The van der Waals surface area contributed by atoms with E-state index in [9.17, 15) is 0 Å². The molecule has 6 nitrogen and oxygen atoms in total. The van der Waals surface area contributed by atoms with Crippen molar-refractivity contribution in [3.63, 3.8) is 0 Å². The topological polar surface area (TPSA) is 43.2 Å². The van der Waals surface area contributed by atoms with Crippen LogP contribution < -0.4 is 9.47 Å². The molecule has 0 radical (unpaired) electrons. The van der Waals surface area contributed by atoms with Crippen LogP contribution in [0.5, 0.6) is 11.5 Å². The first-order valence-corrected chi connectivity index (χ1v) is 19.6. The number of hydrogen-bond acceptors (Lipinski definition) is 4. The molecule has 272 valence electrons. The quantitative estimate of drug-likeness (QED) is 0.0473. The van der Waals surface area contributed by atoms with E-state index in [0.717, 1.165) is 57.9 Å². The van der Waals surface area contributed by atoms with E-state index in [0.29, 0.717) is 0 Å². The summed E-state index contributed by atoms with van der Waals surface area (Å²) in [4.78, 5) is 0. The number of unbranched alkanes of at least 4 members (excludes halogenated alkanes) is 18. The van der Waals surface area contributed by atoms with Crippen LogP contribution in [0.25, 0.3) is 0 Å². The van der Waals surface area contributed by atoms with Crippen LogP contribution in [0, 0.1) is 0 Å². The normalized spacial score (nSPS) is 12.2. The molecular weight excluding hydrogens is 592 g/mol. The fourth-order valence-electron chi connectivity index (χ4n) is 5.92. The fourth-order valence-corrected chi connectivity index (χ4v) is 5.92. The Kier molecular flexibility index (Phi) is 22.2. The van der Waals surface area contributed by atoms with E-state index in [1.54, 1.807) is 0 Å². The van der Waals surface area contributed by atoms with E-state index >= 15 is 0 Å². The summed E-state index contributed by atoms with van der Waals surface area (Å²) in [7, 11) is 13.7. The largest absolute Gasteiger partial charge is 0.494 e. The van der Waals surface area contributed by atoms with Crippen LogP contribution in [0.3, 0.4) is 0 Å². The molecule has 6 heteroatoms. The van der Waals surface area contributed by atoms with Crippen LogP contribution in [-0.2, 0) is 0 Å². The molecule has 0 saturated heterocycles. The van der Waals surface area contributed by atoms with E-state index in [1.807, 2.05) is 48.5 Å².